The number of amides is 1. The van der Waals surface area contributed by atoms with Crippen molar-refractivity contribution in [3.05, 3.63) is 59.9 Å². The monoisotopic (exact) mass is 338 g/mol. The van der Waals surface area contributed by atoms with E-state index in [-0.39, 0.29) is 12.0 Å². The highest BCUT2D eigenvalue weighted by Gasteiger charge is 2.32. The molecule has 1 heterocycles. The second kappa shape index (κ2) is 7.90. The van der Waals surface area contributed by atoms with E-state index in [0.29, 0.717) is 18.4 Å². The molecule has 1 aliphatic carbocycles. The number of carbonyl (C=O) groups excluding carboxylic acids is 1. The lowest BCUT2D eigenvalue weighted by molar-refractivity contribution is -0.142. The van der Waals surface area contributed by atoms with E-state index in [0.717, 1.165) is 19.4 Å². The second-order valence-corrected chi connectivity index (χ2v) is 7.69. The molecule has 0 aliphatic heterocycles. The number of hydrogen-bond donors (Lipinski definition) is 0. The Bertz CT molecular complexity index is 685. The highest BCUT2D eigenvalue weighted by atomic mass is 16.2. The molecule has 1 amide bonds. The van der Waals surface area contributed by atoms with Gasteiger partial charge in [-0.1, -0.05) is 50.6 Å². The average molecular weight is 338 g/mol. The van der Waals surface area contributed by atoms with Gasteiger partial charge in [0.2, 0.25) is 5.91 Å². The number of rotatable bonds is 7. The van der Waals surface area contributed by atoms with E-state index in [4.69, 9.17) is 0 Å². The number of benzene rings is 1. The van der Waals surface area contributed by atoms with Crippen molar-refractivity contribution in [2.24, 2.45) is 11.8 Å². The van der Waals surface area contributed by atoms with Crippen LogP contribution in [0.5, 0.6) is 0 Å². The van der Waals surface area contributed by atoms with Crippen molar-refractivity contribution in [3.63, 3.8) is 0 Å². The summed E-state index contributed by atoms with van der Waals surface area (Å²) < 4.78 is 2.27. The normalized spacial score (nSPS) is 15.8. The van der Waals surface area contributed by atoms with Crippen molar-refractivity contribution >= 4 is 5.91 Å². The minimum absolute atomic E-state index is 0.249. The summed E-state index contributed by atoms with van der Waals surface area (Å²) in [5.41, 5.74) is 2.50. The van der Waals surface area contributed by atoms with Gasteiger partial charge in [-0.15, -0.1) is 0 Å². The van der Waals surface area contributed by atoms with E-state index in [2.05, 4.69) is 72.8 Å². The Morgan fingerprint density at radius 2 is 1.84 bits per heavy atom. The van der Waals surface area contributed by atoms with Crippen molar-refractivity contribution in [1.82, 2.24) is 9.47 Å². The van der Waals surface area contributed by atoms with Gasteiger partial charge in [-0.25, -0.2) is 0 Å². The molecule has 2 aromatic rings. The smallest absolute Gasteiger partial charge is 0.226 e. The fourth-order valence-electron chi connectivity index (χ4n) is 3.37. The Morgan fingerprint density at radius 3 is 2.44 bits per heavy atom. The summed E-state index contributed by atoms with van der Waals surface area (Å²) in [4.78, 5) is 15.1. The van der Waals surface area contributed by atoms with Crippen molar-refractivity contribution in [2.45, 2.75) is 59.2 Å². The maximum Gasteiger partial charge on any atom is 0.226 e. The van der Waals surface area contributed by atoms with Crippen LogP contribution in [0.1, 0.15) is 51.3 Å². The quantitative estimate of drug-likeness (QED) is 0.718. The van der Waals surface area contributed by atoms with Crippen LogP contribution in [0.4, 0.5) is 0 Å². The molecule has 0 N–H and O–H groups in total. The van der Waals surface area contributed by atoms with Gasteiger partial charge < -0.3 is 9.47 Å². The topological polar surface area (TPSA) is 25.2 Å². The lowest BCUT2D eigenvalue weighted by Crippen LogP contribution is -2.45. The molecule has 134 valence electrons. The summed E-state index contributed by atoms with van der Waals surface area (Å²) in [5.74, 6) is 1.06. The minimum atomic E-state index is 0.249. The number of carbonyl (C=O) groups is 1. The Balaban J connectivity index is 1.77. The van der Waals surface area contributed by atoms with Crippen LogP contribution in [0.3, 0.4) is 0 Å². The Labute approximate surface area is 151 Å². The third kappa shape index (κ3) is 4.15. The first-order chi connectivity index (χ1) is 12.1. The number of hydrogen-bond acceptors (Lipinski definition) is 1. The van der Waals surface area contributed by atoms with Crippen LogP contribution in [0, 0.1) is 11.8 Å². The molecule has 0 saturated heterocycles. The maximum atomic E-state index is 13.0. The zero-order chi connectivity index (χ0) is 17.8. The van der Waals surface area contributed by atoms with Crippen LogP contribution in [0.25, 0.3) is 0 Å². The van der Waals surface area contributed by atoms with Gasteiger partial charge in [0.25, 0.3) is 0 Å². The summed E-state index contributed by atoms with van der Waals surface area (Å²) in [6.45, 7) is 8.15. The van der Waals surface area contributed by atoms with E-state index in [1.54, 1.807) is 0 Å². The van der Waals surface area contributed by atoms with Crippen LogP contribution in [-0.4, -0.2) is 21.4 Å². The molecule has 3 heteroatoms. The molecule has 0 bridgehead atoms. The van der Waals surface area contributed by atoms with Gasteiger partial charge in [-0.3, -0.25) is 4.79 Å². The van der Waals surface area contributed by atoms with Crippen LogP contribution < -0.4 is 0 Å². The standard InChI is InChI=1S/C22H30N2O/c1-17(2)18(3)24(22(25)20-11-7-12-20)16-21-13-8-14-23(21)15-19-9-5-4-6-10-19/h4-6,8-10,13-14,17-18,20H,7,11-12,15-16H2,1-3H3/t18-/m1/s1. The average Bonchev–Trinajstić information content (AvgIpc) is 2.98. The van der Waals surface area contributed by atoms with Gasteiger partial charge in [0, 0.05) is 30.4 Å². The molecule has 25 heavy (non-hydrogen) atoms. The first-order valence-electron chi connectivity index (χ1n) is 9.54. The van der Waals surface area contributed by atoms with Crippen molar-refractivity contribution < 1.29 is 4.79 Å². The third-order valence-corrected chi connectivity index (χ3v) is 5.65. The summed E-state index contributed by atoms with van der Waals surface area (Å²) in [6.07, 6.45) is 5.44. The van der Waals surface area contributed by atoms with E-state index in [1.807, 2.05) is 6.07 Å². The molecule has 0 unspecified atom stereocenters. The lowest BCUT2D eigenvalue weighted by atomic mass is 9.83. The maximum absolute atomic E-state index is 13.0. The molecular formula is C22H30N2O. The molecule has 1 aliphatic rings. The Kier molecular flexibility index (Phi) is 5.62. The minimum Gasteiger partial charge on any atom is -0.345 e. The van der Waals surface area contributed by atoms with Crippen LogP contribution >= 0.6 is 0 Å². The largest absolute Gasteiger partial charge is 0.345 e. The molecule has 0 spiro atoms. The van der Waals surface area contributed by atoms with Gasteiger partial charge in [0.05, 0.1) is 6.54 Å². The first kappa shape index (κ1) is 17.8. The predicted octanol–water partition coefficient (Wildman–Crippen LogP) is 4.71. The summed E-state index contributed by atoms with van der Waals surface area (Å²) >= 11 is 0. The highest BCUT2D eigenvalue weighted by Crippen LogP contribution is 2.30. The molecule has 3 nitrogen and oxygen atoms in total. The fourth-order valence-corrected chi connectivity index (χ4v) is 3.37. The summed E-state index contributed by atoms with van der Waals surface area (Å²) in [5, 5.41) is 0. The second-order valence-electron chi connectivity index (χ2n) is 7.69. The zero-order valence-corrected chi connectivity index (χ0v) is 15.7. The first-order valence-corrected chi connectivity index (χ1v) is 9.54. The molecule has 1 saturated carbocycles. The molecular weight excluding hydrogens is 308 g/mol. The fraction of sp³-hybridized carbons (Fsp3) is 0.500. The molecule has 3 rings (SSSR count). The number of nitrogens with zero attached hydrogens (tertiary/aromatic N) is 2. The highest BCUT2D eigenvalue weighted by molar-refractivity contribution is 5.79. The van der Waals surface area contributed by atoms with Gasteiger partial charge in [-0.05, 0) is 43.4 Å². The number of aromatic nitrogens is 1. The molecule has 0 radical (unpaired) electrons. The van der Waals surface area contributed by atoms with E-state index < -0.39 is 0 Å². The molecule has 1 aromatic carbocycles. The van der Waals surface area contributed by atoms with E-state index >= 15 is 0 Å². The molecule has 1 aromatic heterocycles. The summed E-state index contributed by atoms with van der Waals surface area (Å²) in [6, 6.07) is 15.0. The van der Waals surface area contributed by atoms with Crippen molar-refractivity contribution in [3.8, 4) is 0 Å². The SMILES string of the molecule is CC(C)[C@@H](C)N(Cc1cccn1Cc1ccccc1)C(=O)C1CCC1. The van der Waals surface area contributed by atoms with Gasteiger partial charge in [0.1, 0.15) is 0 Å². The van der Waals surface area contributed by atoms with E-state index in [9.17, 15) is 4.79 Å². The van der Waals surface area contributed by atoms with Gasteiger partial charge >= 0.3 is 0 Å². The van der Waals surface area contributed by atoms with Crippen molar-refractivity contribution in [1.29, 1.82) is 0 Å². The molecule has 1 atom stereocenters. The molecule has 1 fully saturated rings. The predicted molar refractivity (Wildman–Crippen MR) is 102 cm³/mol. The van der Waals surface area contributed by atoms with Crippen LogP contribution in [-0.2, 0) is 17.9 Å². The zero-order valence-electron chi connectivity index (χ0n) is 15.7. The Morgan fingerprint density at radius 1 is 1.12 bits per heavy atom. The third-order valence-electron chi connectivity index (χ3n) is 5.65. The lowest BCUT2D eigenvalue weighted by Gasteiger charge is -2.37. The van der Waals surface area contributed by atoms with Crippen molar-refractivity contribution in [2.75, 3.05) is 0 Å². The Hall–Kier alpha value is -2.03. The van der Waals surface area contributed by atoms with Gasteiger partial charge in [0.15, 0.2) is 0 Å². The summed E-state index contributed by atoms with van der Waals surface area (Å²) in [7, 11) is 0. The van der Waals surface area contributed by atoms with Gasteiger partial charge in [-0.2, -0.15) is 0 Å². The van der Waals surface area contributed by atoms with E-state index in [1.165, 1.54) is 17.7 Å². The van der Waals surface area contributed by atoms with Crippen LogP contribution in [0.15, 0.2) is 48.7 Å². The van der Waals surface area contributed by atoms with Crippen LogP contribution in [0.2, 0.25) is 0 Å².